The standard InChI is InChI=1S/C16H27N3O/c1-3-15(17)11-14-5-4-8-18-16(14)19(2)9-10-20-12-13-6-7-13/h4-5,8,13,15H,3,6-7,9-12,17H2,1-2H3. The summed E-state index contributed by atoms with van der Waals surface area (Å²) in [6.45, 7) is 4.68. The molecular formula is C16H27N3O. The molecule has 0 amide bonds. The van der Waals surface area contributed by atoms with Crippen molar-refractivity contribution in [2.24, 2.45) is 11.7 Å². The molecule has 112 valence electrons. The lowest BCUT2D eigenvalue weighted by Crippen LogP contribution is -2.27. The summed E-state index contributed by atoms with van der Waals surface area (Å²) in [7, 11) is 2.07. The van der Waals surface area contributed by atoms with Gasteiger partial charge >= 0.3 is 0 Å². The molecule has 1 heterocycles. The third kappa shape index (κ3) is 4.76. The third-order valence-corrected chi connectivity index (χ3v) is 3.86. The number of rotatable bonds is 9. The first-order valence-corrected chi connectivity index (χ1v) is 7.69. The number of hydrogen-bond acceptors (Lipinski definition) is 4. The summed E-state index contributed by atoms with van der Waals surface area (Å²) < 4.78 is 5.70. The highest BCUT2D eigenvalue weighted by Crippen LogP contribution is 2.28. The summed E-state index contributed by atoms with van der Waals surface area (Å²) in [5.74, 6) is 1.86. The van der Waals surface area contributed by atoms with Crippen LogP contribution in [0.25, 0.3) is 0 Å². The van der Waals surface area contributed by atoms with Gasteiger partial charge in [-0.15, -0.1) is 0 Å². The zero-order valence-electron chi connectivity index (χ0n) is 12.7. The zero-order chi connectivity index (χ0) is 14.4. The van der Waals surface area contributed by atoms with Crippen LogP contribution in [0.1, 0.15) is 31.7 Å². The van der Waals surface area contributed by atoms with E-state index >= 15 is 0 Å². The highest BCUT2D eigenvalue weighted by atomic mass is 16.5. The number of anilines is 1. The first kappa shape index (κ1) is 15.3. The fraction of sp³-hybridized carbons (Fsp3) is 0.688. The van der Waals surface area contributed by atoms with E-state index in [1.165, 1.54) is 18.4 Å². The average Bonchev–Trinajstić information content (AvgIpc) is 3.28. The van der Waals surface area contributed by atoms with Crippen LogP contribution in [0, 0.1) is 5.92 Å². The largest absolute Gasteiger partial charge is 0.379 e. The minimum Gasteiger partial charge on any atom is -0.379 e. The Bertz CT molecular complexity index is 406. The molecule has 1 aromatic heterocycles. The molecule has 0 saturated heterocycles. The van der Waals surface area contributed by atoms with E-state index in [2.05, 4.69) is 29.9 Å². The second-order valence-electron chi connectivity index (χ2n) is 5.80. The molecule has 1 fully saturated rings. The van der Waals surface area contributed by atoms with Crippen LogP contribution in [0.4, 0.5) is 5.82 Å². The fourth-order valence-electron chi connectivity index (χ4n) is 2.20. The van der Waals surface area contributed by atoms with Crippen LogP contribution < -0.4 is 10.6 Å². The molecule has 0 aliphatic heterocycles. The fourth-order valence-corrected chi connectivity index (χ4v) is 2.20. The monoisotopic (exact) mass is 277 g/mol. The first-order chi connectivity index (χ1) is 9.70. The van der Waals surface area contributed by atoms with Crippen LogP contribution in [-0.2, 0) is 11.2 Å². The lowest BCUT2D eigenvalue weighted by atomic mass is 10.1. The number of hydrogen-bond donors (Lipinski definition) is 1. The van der Waals surface area contributed by atoms with E-state index in [0.717, 1.165) is 44.3 Å². The van der Waals surface area contributed by atoms with Crippen LogP contribution in [0.15, 0.2) is 18.3 Å². The van der Waals surface area contributed by atoms with Gasteiger partial charge in [-0.2, -0.15) is 0 Å². The molecule has 4 nitrogen and oxygen atoms in total. The molecule has 1 aliphatic rings. The predicted octanol–water partition coefficient (Wildman–Crippen LogP) is 2.22. The van der Waals surface area contributed by atoms with Crippen molar-refractivity contribution < 1.29 is 4.74 Å². The maximum Gasteiger partial charge on any atom is 0.131 e. The average molecular weight is 277 g/mol. The Morgan fingerprint density at radius 3 is 3.00 bits per heavy atom. The molecular weight excluding hydrogens is 250 g/mol. The van der Waals surface area contributed by atoms with E-state index in [4.69, 9.17) is 10.5 Å². The SMILES string of the molecule is CCC(N)Cc1cccnc1N(C)CCOCC1CC1. The normalized spacial score (nSPS) is 16.1. The van der Waals surface area contributed by atoms with E-state index in [-0.39, 0.29) is 6.04 Å². The Morgan fingerprint density at radius 2 is 2.30 bits per heavy atom. The van der Waals surface area contributed by atoms with Crippen molar-refractivity contribution in [1.82, 2.24) is 4.98 Å². The van der Waals surface area contributed by atoms with Gasteiger partial charge in [0.1, 0.15) is 5.82 Å². The Hall–Kier alpha value is -1.13. The summed E-state index contributed by atoms with van der Waals surface area (Å²) in [5, 5.41) is 0. The Kier molecular flexibility index (Phi) is 5.80. The second-order valence-corrected chi connectivity index (χ2v) is 5.80. The second kappa shape index (κ2) is 7.60. The smallest absolute Gasteiger partial charge is 0.131 e. The number of aromatic nitrogens is 1. The molecule has 0 radical (unpaired) electrons. The van der Waals surface area contributed by atoms with Crippen molar-refractivity contribution in [3.63, 3.8) is 0 Å². The highest BCUT2D eigenvalue weighted by molar-refractivity contribution is 5.46. The molecule has 1 saturated carbocycles. The van der Waals surface area contributed by atoms with Gasteiger partial charge < -0.3 is 15.4 Å². The van der Waals surface area contributed by atoms with Crippen LogP contribution >= 0.6 is 0 Å². The van der Waals surface area contributed by atoms with Gasteiger partial charge in [0, 0.05) is 32.4 Å². The molecule has 4 heteroatoms. The number of nitrogens with two attached hydrogens (primary N) is 1. The summed E-state index contributed by atoms with van der Waals surface area (Å²) in [4.78, 5) is 6.68. The van der Waals surface area contributed by atoms with Gasteiger partial charge in [-0.25, -0.2) is 4.98 Å². The number of nitrogens with zero attached hydrogens (tertiary/aromatic N) is 2. The van der Waals surface area contributed by atoms with Gasteiger partial charge in [0.05, 0.1) is 6.61 Å². The summed E-state index contributed by atoms with van der Waals surface area (Å²) in [6, 6.07) is 4.32. The van der Waals surface area contributed by atoms with Crippen molar-refractivity contribution in [2.75, 3.05) is 31.7 Å². The van der Waals surface area contributed by atoms with Crippen LogP contribution in [0.2, 0.25) is 0 Å². The zero-order valence-corrected chi connectivity index (χ0v) is 12.7. The highest BCUT2D eigenvalue weighted by Gasteiger charge is 2.21. The van der Waals surface area contributed by atoms with Crippen molar-refractivity contribution in [1.29, 1.82) is 0 Å². The molecule has 2 rings (SSSR count). The minimum atomic E-state index is 0.206. The van der Waals surface area contributed by atoms with Crippen molar-refractivity contribution in [3.05, 3.63) is 23.9 Å². The summed E-state index contributed by atoms with van der Waals surface area (Å²) in [6.07, 6.45) is 6.40. The van der Waals surface area contributed by atoms with Gasteiger partial charge in [-0.05, 0) is 43.2 Å². The Balaban J connectivity index is 1.84. The molecule has 1 unspecified atom stereocenters. The van der Waals surface area contributed by atoms with Gasteiger partial charge in [0.15, 0.2) is 0 Å². The lowest BCUT2D eigenvalue weighted by Gasteiger charge is -2.22. The van der Waals surface area contributed by atoms with Gasteiger partial charge in [-0.1, -0.05) is 13.0 Å². The molecule has 2 N–H and O–H groups in total. The maximum absolute atomic E-state index is 6.06. The third-order valence-electron chi connectivity index (χ3n) is 3.86. The van der Waals surface area contributed by atoms with Crippen molar-refractivity contribution in [2.45, 2.75) is 38.6 Å². The van der Waals surface area contributed by atoms with Crippen LogP contribution in [-0.4, -0.2) is 37.8 Å². The first-order valence-electron chi connectivity index (χ1n) is 7.69. The van der Waals surface area contributed by atoms with Gasteiger partial charge in [0.2, 0.25) is 0 Å². The van der Waals surface area contributed by atoms with Crippen LogP contribution in [0.3, 0.4) is 0 Å². The lowest BCUT2D eigenvalue weighted by molar-refractivity contribution is 0.130. The van der Waals surface area contributed by atoms with Crippen molar-refractivity contribution >= 4 is 5.82 Å². The minimum absolute atomic E-state index is 0.206. The quantitative estimate of drug-likeness (QED) is 0.703. The number of ether oxygens (including phenoxy) is 1. The predicted molar refractivity (Wildman–Crippen MR) is 83.0 cm³/mol. The van der Waals surface area contributed by atoms with E-state index in [9.17, 15) is 0 Å². The molecule has 20 heavy (non-hydrogen) atoms. The number of pyridine rings is 1. The molecule has 0 spiro atoms. The molecule has 1 atom stereocenters. The summed E-state index contributed by atoms with van der Waals surface area (Å²) in [5.41, 5.74) is 7.29. The summed E-state index contributed by atoms with van der Waals surface area (Å²) >= 11 is 0. The van der Waals surface area contributed by atoms with Crippen LogP contribution in [0.5, 0.6) is 0 Å². The van der Waals surface area contributed by atoms with E-state index in [1.807, 2.05) is 12.3 Å². The number of likely N-dealkylation sites (N-methyl/N-ethyl adjacent to an activating group) is 1. The molecule has 0 aromatic carbocycles. The van der Waals surface area contributed by atoms with Gasteiger partial charge in [0.25, 0.3) is 0 Å². The Labute approximate surface area is 122 Å². The van der Waals surface area contributed by atoms with E-state index in [1.54, 1.807) is 0 Å². The Morgan fingerprint density at radius 1 is 1.50 bits per heavy atom. The molecule has 0 bridgehead atoms. The maximum atomic E-state index is 6.06. The topological polar surface area (TPSA) is 51.4 Å². The van der Waals surface area contributed by atoms with E-state index < -0.39 is 0 Å². The molecule has 1 aromatic rings. The molecule has 1 aliphatic carbocycles. The van der Waals surface area contributed by atoms with E-state index in [0.29, 0.717) is 0 Å². The van der Waals surface area contributed by atoms with Gasteiger partial charge in [-0.3, -0.25) is 0 Å². The van der Waals surface area contributed by atoms with Crippen molar-refractivity contribution in [3.8, 4) is 0 Å².